The van der Waals surface area contributed by atoms with Crippen molar-refractivity contribution in [2.75, 3.05) is 13.7 Å². The summed E-state index contributed by atoms with van der Waals surface area (Å²) in [6.45, 7) is 1.92. The standard InChI is InChI=1S/C14H16F3NO2/c1-3-4-8-20-12(13(19)18-2)10-6-5-7-11(9-10)14(15,16)17/h3-7,9,12H,8H2,1-2H3,(H,18,19)/b4-3+. The van der Waals surface area contributed by atoms with Gasteiger partial charge in [0.15, 0.2) is 6.10 Å². The third-order valence-corrected chi connectivity index (χ3v) is 2.60. The minimum Gasteiger partial charge on any atom is -0.360 e. The molecule has 1 N–H and O–H groups in total. The zero-order valence-corrected chi connectivity index (χ0v) is 11.2. The maximum Gasteiger partial charge on any atom is 0.416 e. The molecule has 1 aromatic carbocycles. The van der Waals surface area contributed by atoms with E-state index < -0.39 is 23.8 Å². The van der Waals surface area contributed by atoms with E-state index in [-0.39, 0.29) is 12.2 Å². The molecule has 0 saturated carbocycles. The van der Waals surface area contributed by atoms with Crippen LogP contribution < -0.4 is 5.32 Å². The predicted molar refractivity (Wildman–Crippen MR) is 69.0 cm³/mol. The second kappa shape index (κ2) is 7.09. The van der Waals surface area contributed by atoms with Crippen LogP contribution in [0.3, 0.4) is 0 Å². The van der Waals surface area contributed by atoms with Crippen LogP contribution in [0.4, 0.5) is 13.2 Å². The first kappa shape index (κ1) is 16.2. The number of nitrogens with one attached hydrogen (secondary N) is 1. The fraction of sp³-hybridized carbons (Fsp3) is 0.357. The summed E-state index contributed by atoms with van der Waals surface area (Å²) in [5.74, 6) is -0.492. The number of allylic oxidation sites excluding steroid dienone is 1. The molecule has 0 aliphatic carbocycles. The van der Waals surface area contributed by atoms with Gasteiger partial charge in [-0.05, 0) is 24.6 Å². The Hall–Kier alpha value is -1.82. The van der Waals surface area contributed by atoms with E-state index in [0.717, 1.165) is 12.1 Å². The van der Waals surface area contributed by atoms with E-state index in [9.17, 15) is 18.0 Å². The average molecular weight is 287 g/mol. The number of alkyl halides is 3. The van der Waals surface area contributed by atoms with Crippen LogP contribution in [0.25, 0.3) is 0 Å². The van der Waals surface area contributed by atoms with Crippen LogP contribution in [0.2, 0.25) is 0 Å². The zero-order valence-electron chi connectivity index (χ0n) is 11.2. The van der Waals surface area contributed by atoms with Gasteiger partial charge >= 0.3 is 6.18 Å². The van der Waals surface area contributed by atoms with E-state index in [1.165, 1.54) is 19.2 Å². The highest BCUT2D eigenvalue weighted by Gasteiger charge is 2.31. The number of carbonyl (C=O) groups excluding carboxylic acids is 1. The minimum atomic E-state index is -4.45. The van der Waals surface area contributed by atoms with Crippen molar-refractivity contribution in [2.24, 2.45) is 0 Å². The topological polar surface area (TPSA) is 38.3 Å². The van der Waals surface area contributed by atoms with Gasteiger partial charge in [-0.1, -0.05) is 24.3 Å². The van der Waals surface area contributed by atoms with Crippen molar-refractivity contribution >= 4 is 5.91 Å². The molecular weight excluding hydrogens is 271 g/mol. The van der Waals surface area contributed by atoms with E-state index in [2.05, 4.69) is 5.32 Å². The molecule has 0 spiro atoms. The van der Waals surface area contributed by atoms with E-state index in [1.54, 1.807) is 19.1 Å². The fourth-order valence-corrected chi connectivity index (χ4v) is 1.58. The van der Waals surface area contributed by atoms with Gasteiger partial charge in [0.05, 0.1) is 12.2 Å². The molecule has 0 radical (unpaired) electrons. The summed E-state index contributed by atoms with van der Waals surface area (Å²) in [5.41, 5.74) is -0.637. The Bertz CT molecular complexity index is 484. The third-order valence-electron chi connectivity index (χ3n) is 2.60. The highest BCUT2D eigenvalue weighted by molar-refractivity contribution is 5.82. The van der Waals surface area contributed by atoms with Gasteiger partial charge in [0.25, 0.3) is 5.91 Å². The average Bonchev–Trinajstić information content (AvgIpc) is 2.42. The Morgan fingerprint density at radius 2 is 2.15 bits per heavy atom. The molecule has 0 heterocycles. The first-order valence-corrected chi connectivity index (χ1v) is 6.01. The van der Waals surface area contributed by atoms with Gasteiger partial charge in [0.2, 0.25) is 0 Å². The lowest BCUT2D eigenvalue weighted by atomic mass is 10.0. The molecule has 110 valence electrons. The Morgan fingerprint density at radius 1 is 1.45 bits per heavy atom. The van der Waals surface area contributed by atoms with Gasteiger partial charge in [-0.15, -0.1) is 0 Å². The largest absolute Gasteiger partial charge is 0.416 e. The quantitative estimate of drug-likeness (QED) is 0.845. The van der Waals surface area contributed by atoms with Crippen LogP contribution in [-0.4, -0.2) is 19.6 Å². The first-order valence-electron chi connectivity index (χ1n) is 6.01. The van der Waals surface area contributed by atoms with Crippen molar-refractivity contribution in [3.05, 3.63) is 47.5 Å². The normalized spacial score (nSPS) is 13.4. The molecule has 0 aromatic heterocycles. The molecule has 0 aliphatic rings. The van der Waals surface area contributed by atoms with Gasteiger partial charge < -0.3 is 10.1 Å². The number of likely N-dealkylation sites (N-methyl/N-ethyl adjacent to an activating group) is 1. The molecule has 1 amide bonds. The van der Waals surface area contributed by atoms with Crippen LogP contribution in [0.5, 0.6) is 0 Å². The summed E-state index contributed by atoms with van der Waals surface area (Å²) < 4.78 is 43.3. The highest BCUT2D eigenvalue weighted by atomic mass is 19.4. The van der Waals surface area contributed by atoms with Crippen molar-refractivity contribution in [1.29, 1.82) is 0 Å². The van der Waals surface area contributed by atoms with Gasteiger partial charge in [-0.2, -0.15) is 13.2 Å². The molecule has 3 nitrogen and oxygen atoms in total. The van der Waals surface area contributed by atoms with Crippen LogP contribution >= 0.6 is 0 Å². The Kier molecular flexibility index (Phi) is 5.76. The molecule has 6 heteroatoms. The summed E-state index contributed by atoms with van der Waals surface area (Å²) in [6.07, 6.45) is -2.12. The summed E-state index contributed by atoms with van der Waals surface area (Å²) in [4.78, 5) is 11.7. The van der Waals surface area contributed by atoms with E-state index >= 15 is 0 Å². The Balaban J connectivity index is 3.04. The molecule has 0 fully saturated rings. The third kappa shape index (κ3) is 4.38. The number of halogens is 3. The van der Waals surface area contributed by atoms with Gasteiger partial charge in [0.1, 0.15) is 0 Å². The summed E-state index contributed by atoms with van der Waals surface area (Å²) >= 11 is 0. The fourth-order valence-electron chi connectivity index (χ4n) is 1.58. The lowest BCUT2D eigenvalue weighted by Crippen LogP contribution is -2.28. The van der Waals surface area contributed by atoms with Crippen LogP contribution in [0, 0.1) is 0 Å². The van der Waals surface area contributed by atoms with Crippen LogP contribution in [0.1, 0.15) is 24.2 Å². The lowest BCUT2D eigenvalue weighted by molar-refractivity contribution is -0.138. The number of hydrogen-bond donors (Lipinski definition) is 1. The maximum atomic E-state index is 12.7. The molecule has 1 unspecified atom stereocenters. The van der Waals surface area contributed by atoms with Crippen molar-refractivity contribution in [3.8, 4) is 0 Å². The number of amides is 1. The van der Waals surface area contributed by atoms with Crippen molar-refractivity contribution < 1.29 is 22.7 Å². The van der Waals surface area contributed by atoms with E-state index in [1.807, 2.05) is 0 Å². The van der Waals surface area contributed by atoms with Gasteiger partial charge in [-0.25, -0.2) is 0 Å². The molecule has 1 rings (SSSR count). The first-order chi connectivity index (χ1) is 9.40. The number of hydrogen-bond acceptors (Lipinski definition) is 2. The second-order valence-corrected chi connectivity index (χ2v) is 4.02. The number of rotatable bonds is 5. The zero-order chi connectivity index (χ0) is 15.2. The summed E-state index contributed by atoms with van der Waals surface area (Å²) in [6, 6.07) is 4.57. The molecule has 1 aromatic rings. The SMILES string of the molecule is C/C=C/COC(C(=O)NC)c1cccc(C(F)(F)F)c1. The van der Waals surface area contributed by atoms with Crippen molar-refractivity contribution in [2.45, 2.75) is 19.2 Å². The summed E-state index contributed by atoms with van der Waals surface area (Å²) in [5, 5.41) is 2.38. The van der Waals surface area contributed by atoms with Crippen LogP contribution in [0.15, 0.2) is 36.4 Å². The minimum absolute atomic E-state index is 0.144. The highest BCUT2D eigenvalue weighted by Crippen LogP contribution is 2.31. The second-order valence-electron chi connectivity index (χ2n) is 4.02. The molecule has 0 saturated heterocycles. The number of ether oxygens (including phenoxy) is 1. The number of benzene rings is 1. The van der Waals surface area contributed by atoms with Crippen LogP contribution in [-0.2, 0) is 15.7 Å². The number of carbonyl (C=O) groups is 1. The molecule has 0 bridgehead atoms. The van der Waals surface area contributed by atoms with Crippen molar-refractivity contribution in [1.82, 2.24) is 5.32 Å². The summed E-state index contributed by atoms with van der Waals surface area (Å²) in [7, 11) is 1.40. The molecular formula is C14H16F3NO2. The lowest BCUT2D eigenvalue weighted by Gasteiger charge is -2.17. The van der Waals surface area contributed by atoms with Gasteiger partial charge in [-0.3, -0.25) is 4.79 Å². The van der Waals surface area contributed by atoms with Gasteiger partial charge in [0, 0.05) is 7.05 Å². The Labute approximate surface area is 115 Å². The monoisotopic (exact) mass is 287 g/mol. The molecule has 0 aliphatic heterocycles. The van der Waals surface area contributed by atoms with E-state index in [4.69, 9.17) is 4.74 Å². The van der Waals surface area contributed by atoms with Crippen molar-refractivity contribution in [3.63, 3.8) is 0 Å². The maximum absolute atomic E-state index is 12.7. The predicted octanol–water partition coefficient (Wildman–Crippen LogP) is 3.09. The molecule has 1 atom stereocenters. The van der Waals surface area contributed by atoms with E-state index in [0.29, 0.717) is 0 Å². The Morgan fingerprint density at radius 3 is 2.70 bits per heavy atom. The smallest absolute Gasteiger partial charge is 0.360 e. The molecule has 20 heavy (non-hydrogen) atoms.